The number of fused-ring (bicyclic) bond motifs is 1. The van der Waals surface area contributed by atoms with Crippen LogP contribution in [0.2, 0.25) is 5.02 Å². The van der Waals surface area contributed by atoms with E-state index in [1.165, 1.54) is 0 Å². The predicted molar refractivity (Wildman–Crippen MR) is 102 cm³/mol. The van der Waals surface area contributed by atoms with Crippen LogP contribution in [-0.2, 0) is 4.79 Å². The van der Waals surface area contributed by atoms with Gasteiger partial charge >= 0.3 is 0 Å². The van der Waals surface area contributed by atoms with Crippen molar-refractivity contribution in [1.29, 1.82) is 0 Å². The van der Waals surface area contributed by atoms with E-state index in [1.807, 2.05) is 36.4 Å². The molecule has 3 aromatic carbocycles. The summed E-state index contributed by atoms with van der Waals surface area (Å²) in [5, 5.41) is 5.59. The zero-order chi connectivity index (χ0) is 17.1. The largest absolute Gasteiger partial charge is 0.481 e. The molecule has 3 aromatic rings. The number of hydrogen-bond donors (Lipinski definition) is 1. The minimum absolute atomic E-state index is 0.215. The second-order valence-corrected chi connectivity index (χ2v) is 6.76. The molecule has 0 heterocycles. The van der Waals surface area contributed by atoms with Gasteiger partial charge in [0.25, 0.3) is 5.91 Å². The standard InChI is InChI=1S/C19H15BrClNO2/c1-12(19(23)22-17-7-5-16(21)6-8-17)24-18-9-3-13-10-15(20)4-2-14(13)11-18/h2-12H,1H3,(H,22,23)/t12-/m0/s1. The van der Waals surface area contributed by atoms with E-state index < -0.39 is 6.10 Å². The fraction of sp³-hybridized carbons (Fsp3) is 0.105. The second-order valence-electron chi connectivity index (χ2n) is 5.41. The van der Waals surface area contributed by atoms with Crippen LogP contribution in [0.3, 0.4) is 0 Å². The van der Waals surface area contributed by atoms with Crippen molar-refractivity contribution in [2.45, 2.75) is 13.0 Å². The molecular formula is C19H15BrClNO2. The number of rotatable bonds is 4. The number of anilines is 1. The van der Waals surface area contributed by atoms with E-state index in [0.717, 1.165) is 15.2 Å². The third kappa shape index (κ3) is 4.08. The molecule has 1 atom stereocenters. The molecule has 0 aromatic heterocycles. The van der Waals surface area contributed by atoms with Crippen LogP contribution in [0.5, 0.6) is 5.75 Å². The minimum Gasteiger partial charge on any atom is -0.481 e. The SMILES string of the molecule is C[C@H](Oc1ccc2cc(Br)ccc2c1)C(=O)Nc1ccc(Cl)cc1. The summed E-state index contributed by atoms with van der Waals surface area (Å²) in [6.45, 7) is 1.72. The molecule has 3 rings (SSSR count). The van der Waals surface area contributed by atoms with Crippen LogP contribution in [0.1, 0.15) is 6.92 Å². The molecule has 3 nitrogen and oxygen atoms in total. The highest BCUT2D eigenvalue weighted by atomic mass is 79.9. The lowest BCUT2D eigenvalue weighted by atomic mass is 10.1. The Morgan fingerprint density at radius 3 is 2.46 bits per heavy atom. The van der Waals surface area contributed by atoms with Gasteiger partial charge in [0.2, 0.25) is 0 Å². The smallest absolute Gasteiger partial charge is 0.265 e. The lowest BCUT2D eigenvalue weighted by Gasteiger charge is -2.15. The van der Waals surface area contributed by atoms with E-state index in [-0.39, 0.29) is 5.91 Å². The lowest BCUT2D eigenvalue weighted by Crippen LogP contribution is -2.30. The summed E-state index contributed by atoms with van der Waals surface area (Å²) >= 11 is 9.29. The fourth-order valence-corrected chi connectivity index (χ4v) is 2.81. The van der Waals surface area contributed by atoms with Crippen molar-refractivity contribution < 1.29 is 9.53 Å². The highest BCUT2D eigenvalue weighted by Gasteiger charge is 2.15. The highest BCUT2D eigenvalue weighted by Crippen LogP contribution is 2.25. The molecular weight excluding hydrogens is 390 g/mol. The van der Waals surface area contributed by atoms with Crippen LogP contribution in [0.4, 0.5) is 5.69 Å². The Kier molecular flexibility index (Phi) is 5.07. The van der Waals surface area contributed by atoms with E-state index in [0.29, 0.717) is 16.5 Å². The molecule has 0 bridgehead atoms. The van der Waals surface area contributed by atoms with Crippen LogP contribution in [0.25, 0.3) is 10.8 Å². The maximum Gasteiger partial charge on any atom is 0.265 e. The number of nitrogens with one attached hydrogen (secondary N) is 1. The van der Waals surface area contributed by atoms with Gasteiger partial charge in [0.15, 0.2) is 6.10 Å². The molecule has 24 heavy (non-hydrogen) atoms. The van der Waals surface area contributed by atoms with E-state index in [1.54, 1.807) is 31.2 Å². The van der Waals surface area contributed by atoms with Gasteiger partial charge < -0.3 is 10.1 Å². The molecule has 5 heteroatoms. The van der Waals surface area contributed by atoms with Gasteiger partial charge in [0.1, 0.15) is 5.75 Å². The fourth-order valence-electron chi connectivity index (χ4n) is 2.30. The van der Waals surface area contributed by atoms with Crippen molar-refractivity contribution in [3.63, 3.8) is 0 Å². The third-order valence-corrected chi connectivity index (χ3v) is 4.31. The van der Waals surface area contributed by atoms with Crippen LogP contribution in [-0.4, -0.2) is 12.0 Å². The minimum atomic E-state index is -0.617. The molecule has 0 saturated carbocycles. The molecule has 0 saturated heterocycles. The molecule has 0 aliphatic heterocycles. The topological polar surface area (TPSA) is 38.3 Å². The summed E-state index contributed by atoms with van der Waals surface area (Å²) in [6.07, 6.45) is -0.617. The summed E-state index contributed by atoms with van der Waals surface area (Å²) in [6, 6.07) is 18.7. The Hall–Kier alpha value is -2.04. The average Bonchev–Trinajstić information content (AvgIpc) is 2.57. The maximum absolute atomic E-state index is 12.2. The molecule has 1 N–H and O–H groups in total. The first-order valence-corrected chi connectivity index (χ1v) is 8.61. The first-order chi connectivity index (χ1) is 11.5. The van der Waals surface area contributed by atoms with Gasteiger partial charge in [-0.1, -0.05) is 39.7 Å². The van der Waals surface area contributed by atoms with Gasteiger partial charge in [-0.05, 0) is 66.2 Å². The van der Waals surface area contributed by atoms with Crippen molar-refractivity contribution in [3.8, 4) is 5.75 Å². The molecule has 1 amide bonds. The number of ether oxygens (including phenoxy) is 1. The summed E-state index contributed by atoms with van der Waals surface area (Å²) < 4.78 is 6.79. The molecule has 122 valence electrons. The molecule has 0 unspecified atom stereocenters. The first kappa shape index (κ1) is 16.8. The Balaban J connectivity index is 1.69. The van der Waals surface area contributed by atoms with Gasteiger partial charge in [0.05, 0.1) is 0 Å². The van der Waals surface area contributed by atoms with E-state index in [2.05, 4.69) is 21.2 Å². The molecule has 0 radical (unpaired) electrons. The predicted octanol–water partition coefficient (Wildman–Crippen LogP) is 5.66. The summed E-state index contributed by atoms with van der Waals surface area (Å²) in [4.78, 5) is 12.2. The monoisotopic (exact) mass is 403 g/mol. The van der Waals surface area contributed by atoms with Crippen LogP contribution >= 0.6 is 27.5 Å². The molecule has 0 aliphatic carbocycles. The number of hydrogen-bond acceptors (Lipinski definition) is 2. The normalized spacial score (nSPS) is 12.0. The number of carbonyl (C=O) groups excluding carboxylic acids is 1. The third-order valence-electron chi connectivity index (χ3n) is 3.57. The zero-order valence-electron chi connectivity index (χ0n) is 12.9. The Bertz CT molecular complexity index is 880. The van der Waals surface area contributed by atoms with Crippen molar-refractivity contribution >= 4 is 49.9 Å². The molecule has 0 spiro atoms. The number of carbonyl (C=O) groups is 1. The zero-order valence-corrected chi connectivity index (χ0v) is 15.3. The second kappa shape index (κ2) is 7.24. The van der Waals surface area contributed by atoms with E-state index >= 15 is 0 Å². The lowest BCUT2D eigenvalue weighted by molar-refractivity contribution is -0.122. The van der Waals surface area contributed by atoms with Crippen LogP contribution in [0, 0.1) is 0 Å². The van der Waals surface area contributed by atoms with Gasteiger partial charge in [-0.25, -0.2) is 0 Å². The van der Waals surface area contributed by atoms with Gasteiger partial charge in [0, 0.05) is 15.2 Å². The van der Waals surface area contributed by atoms with Crippen molar-refractivity contribution in [3.05, 3.63) is 70.2 Å². The maximum atomic E-state index is 12.2. The first-order valence-electron chi connectivity index (χ1n) is 7.44. The number of benzene rings is 3. The number of amides is 1. The van der Waals surface area contributed by atoms with E-state index in [4.69, 9.17) is 16.3 Å². The average molecular weight is 405 g/mol. The quantitative estimate of drug-likeness (QED) is 0.609. The summed E-state index contributed by atoms with van der Waals surface area (Å²) in [5.41, 5.74) is 0.684. The Morgan fingerprint density at radius 1 is 1.04 bits per heavy atom. The number of halogens is 2. The van der Waals surface area contributed by atoms with E-state index in [9.17, 15) is 4.79 Å². The van der Waals surface area contributed by atoms with Crippen LogP contribution < -0.4 is 10.1 Å². The van der Waals surface area contributed by atoms with Gasteiger partial charge in [-0.2, -0.15) is 0 Å². The van der Waals surface area contributed by atoms with Crippen molar-refractivity contribution in [1.82, 2.24) is 0 Å². The van der Waals surface area contributed by atoms with Crippen LogP contribution in [0.15, 0.2) is 65.1 Å². The van der Waals surface area contributed by atoms with Crippen molar-refractivity contribution in [2.24, 2.45) is 0 Å². The van der Waals surface area contributed by atoms with Gasteiger partial charge in [-0.15, -0.1) is 0 Å². The molecule has 0 aliphatic rings. The van der Waals surface area contributed by atoms with Crippen molar-refractivity contribution in [2.75, 3.05) is 5.32 Å². The highest BCUT2D eigenvalue weighted by molar-refractivity contribution is 9.10. The molecule has 0 fully saturated rings. The summed E-state index contributed by atoms with van der Waals surface area (Å²) in [7, 11) is 0. The Morgan fingerprint density at radius 2 is 1.71 bits per heavy atom. The Labute approximate surface area is 153 Å². The summed E-state index contributed by atoms with van der Waals surface area (Å²) in [5.74, 6) is 0.441. The van der Waals surface area contributed by atoms with Gasteiger partial charge in [-0.3, -0.25) is 4.79 Å².